The summed E-state index contributed by atoms with van der Waals surface area (Å²) in [5.41, 5.74) is 1.02. The summed E-state index contributed by atoms with van der Waals surface area (Å²) in [6, 6.07) is 9.08. The van der Waals surface area contributed by atoms with Crippen LogP contribution in [0.15, 0.2) is 55.6 Å². The second-order valence-corrected chi connectivity index (χ2v) is 4.08. The Labute approximate surface area is 108 Å². The van der Waals surface area contributed by atoms with Gasteiger partial charge in [-0.25, -0.2) is 0 Å². The molecule has 0 saturated heterocycles. The molecule has 0 aliphatic heterocycles. The van der Waals surface area contributed by atoms with Crippen molar-refractivity contribution in [3.05, 3.63) is 61.2 Å². The number of aliphatic carboxylic acids is 1. The molecule has 1 aromatic carbocycles. The maximum atomic E-state index is 11.4. The zero-order valence-corrected chi connectivity index (χ0v) is 10.5. The van der Waals surface area contributed by atoms with Gasteiger partial charge in [-0.3, -0.25) is 9.69 Å². The van der Waals surface area contributed by atoms with E-state index in [0.717, 1.165) is 5.56 Å². The molecule has 0 heterocycles. The Bertz CT molecular complexity index is 390. The van der Waals surface area contributed by atoms with Crippen LogP contribution in [-0.2, 0) is 11.2 Å². The van der Waals surface area contributed by atoms with Gasteiger partial charge < -0.3 is 5.11 Å². The molecule has 0 aliphatic carbocycles. The van der Waals surface area contributed by atoms with Gasteiger partial charge in [0.1, 0.15) is 6.04 Å². The third kappa shape index (κ3) is 4.18. The van der Waals surface area contributed by atoms with E-state index in [1.165, 1.54) is 0 Å². The van der Waals surface area contributed by atoms with Crippen LogP contribution < -0.4 is 0 Å². The molecule has 0 fully saturated rings. The lowest BCUT2D eigenvalue weighted by Crippen LogP contribution is -2.43. The first-order chi connectivity index (χ1) is 8.69. The summed E-state index contributed by atoms with van der Waals surface area (Å²) in [6.45, 7) is 8.40. The molecule has 96 valence electrons. The number of carboxylic acids is 1. The normalized spacial score (nSPS) is 12.1. The van der Waals surface area contributed by atoms with Crippen molar-refractivity contribution in [2.24, 2.45) is 0 Å². The second kappa shape index (κ2) is 7.45. The molecule has 0 saturated carbocycles. The van der Waals surface area contributed by atoms with Gasteiger partial charge in [0.2, 0.25) is 0 Å². The van der Waals surface area contributed by atoms with Crippen LogP contribution in [-0.4, -0.2) is 35.1 Å². The molecule has 1 rings (SSSR count). The third-order valence-electron chi connectivity index (χ3n) is 2.72. The van der Waals surface area contributed by atoms with Gasteiger partial charge in [0, 0.05) is 13.1 Å². The third-order valence-corrected chi connectivity index (χ3v) is 2.72. The summed E-state index contributed by atoms with van der Waals surface area (Å²) < 4.78 is 0. The van der Waals surface area contributed by atoms with E-state index in [9.17, 15) is 9.90 Å². The Morgan fingerprint density at radius 2 is 1.78 bits per heavy atom. The molecule has 0 amide bonds. The van der Waals surface area contributed by atoms with Crippen molar-refractivity contribution >= 4 is 5.97 Å². The largest absolute Gasteiger partial charge is 0.480 e. The van der Waals surface area contributed by atoms with Gasteiger partial charge >= 0.3 is 5.97 Å². The summed E-state index contributed by atoms with van der Waals surface area (Å²) in [6.07, 6.45) is 3.91. The van der Waals surface area contributed by atoms with E-state index in [1.807, 2.05) is 35.2 Å². The number of hydrogen-bond acceptors (Lipinski definition) is 2. The molecule has 1 atom stereocenters. The van der Waals surface area contributed by atoms with Crippen molar-refractivity contribution < 1.29 is 9.90 Å². The Kier molecular flexibility index (Phi) is 5.88. The Balaban J connectivity index is 2.83. The highest BCUT2D eigenvalue weighted by atomic mass is 16.4. The van der Waals surface area contributed by atoms with Crippen LogP contribution in [0.25, 0.3) is 0 Å². The number of benzene rings is 1. The summed E-state index contributed by atoms with van der Waals surface area (Å²) in [5.74, 6) is -0.817. The fraction of sp³-hybridized carbons (Fsp3) is 0.267. The molecule has 0 bridgehead atoms. The minimum absolute atomic E-state index is 0.484. The zero-order valence-electron chi connectivity index (χ0n) is 10.5. The molecule has 1 aromatic rings. The molecule has 3 heteroatoms. The molecule has 18 heavy (non-hydrogen) atoms. The molecular weight excluding hydrogens is 226 g/mol. The molecule has 0 aliphatic rings. The maximum Gasteiger partial charge on any atom is 0.321 e. The monoisotopic (exact) mass is 245 g/mol. The number of carboxylic acid groups (broad SMARTS) is 1. The van der Waals surface area contributed by atoms with Crippen LogP contribution in [0.3, 0.4) is 0 Å². The molecule has 3 nitrogen and oxygen atoms in total. The molecule has 0 spiro atoms. The number of carbonyl (C=O) groups is 1. The second-order valence-electron chi connectivity index (χ2n) is 4.08. The summed E-state index contributed by atoms with van der Waals surface area (Å²) in [5, 5.41) is 9.35. The highest BCUT2D eigenvalue weighted by Crippen LogP contribution is 2.10. The van der Waals surface area contributed by atoms with Gasteiger partial charge in [0.05, 0.1) is 0 Å². The number of nitrogens with zero attached hydrogens (tertiary/aromatic N) is 1. The van der Waals surface area contributed by atoms with Crippen LogP contribution in [0.5, 0.6) is 0 Å². The molecule has 1 unspecified atom stereocenters. The van der Waals surface area contributed by atoms with E-state index in [1.54, 1.807) is 12.2 Å². The molecular formula is C15H19NO2. The van der Waals surface area contributed by atoms with Crippen LogP contribution in [0.1, 0.15) is 5.56 Å². The highest BCUT2D eigenvalue weighted by molar-refractivity contribution is 5.74. The Morgan fingerprint density at radius 3 is 2.22 bits per heavy atom. The van der Waals surface area contributed by atoms with E-state index in [4.69, 9.17) is 0 Å². The SMILES string of the molecule is C=CCN(CC=C)C(Cc1ccccc1)C(=O)O. The summed E-state index contributed by atoms with van der Waals surface area (Å²) in [4.78, 5) is 13.2. The minimum atomic E-state index is -0.817. The minimum Gasteiger partial charge on any atom is -0.480 e. The number of hydrogen-bond donors (Lipinski definition) is 1. The number of rotatable bonds is 8. The van der Waals surface area contributed by atoms with Crippen molar-refractivity contribution in [2.75, 3.05) is 13.1 Å². The van der Waals surface area contributed by atoms with Gasteiger partial charge in [-0.1, -0.05) is 42.5 Å². The zero-order chi connectivity index (χ0) is 13.4. The van der Waals surface area contributed by atoms with Crippen molar-refractivity contribution in [2.45, 2.75) is 12.5 Å². The van der Waals surface area contributed by atoms with Gasteiger partial charge in [-0.15, -0.1) is 13.2 Å². The highest BCUT2D eigenvalue weighted by Gasteiger charge is 2.23. The van der Waals surface area contributed by atoms with Crippen molar-refractivity contribution in [1.82, 2.24) is 4.90 Å². The van der Waals surface area contributed by atoms with E-state index in [2.05, 4.69) is 13.2 Å². The predicted octanol–water partition coefficient (Wildman–Crippen LogP) is 2.36. The Hall–Kier alpha value is -1.87. The standard InChI is InChI=1S/C15H19NO2/c1-3-10-16(11-4-2)14(15(17)18)12-13-8-6-5-7-9-13/h3-9,14H,1-2,10-12H2,(H,17,18). The quantitative estimate of drug-likeness (QED) is 0.715. The van der Waals surface area contributed by atoms with E-state index < -0.39 is 12.0 Å². The van der Waals surface area contributed by atoms with Crippen LogP contribution in [0, 0.1) is 0 Å². The average molecular weight is 245 g/mol. The lowest BCUT2D eigenvalue weighted by Gasteiger charge is -2.26. The summed E-state index contributed by atoms with van der Waals surface area (Å²) in [7, 11) is 0. The smallest absolute Gasteiger partial charge is 0.321 e. The lowest BCUT2D eigenvalue weighted by atomic mass is 10.0. The van der Waals surface area contributed by atoms with E-state index in [0.29, 0.717) is 19.5 Å². The van der Waals surface area contributed by atoms with Gasteiger partial charge in [0.15, 0.2) is 0 Å². The van der Waals surface area contributed by atoms with Gasteiger partial charge in [0.25, 0.3) is 0 Å². The van der Waals surface area contributed by atoms with E-state index in [-0.39, 0.29) is 0 Å². The summed E-state index contributed by atoms with van der Waals surface area (Å²) >= 11 is 0. The van der Waals surface area contributed by atoms with Gasteiger partial charge in [-0.05, 0) is 12.0 Å². The van der Waals surface area contributed by atoms with Crippen molar-refractivity contribution in [3.8, 4) is 0 Å². The van der Waals surface area contributed by atoms with Crippen molar-refractivity contribution in [1.29, 1.82) is 0 Å². The molecule has 0 aromatic heterocycles. The van der Waals surface area contributed by atoms with E-state index >= 15 is 0 Å². The molecule has 0 radical (unpaired) electrons. The van der Waals surface area contributed by atoms with Crippen LogP contribution >= 0.6 is 0 Å². The Morgan fingerprint density at radius 1 is 1.22 bits per heavy atom. The predicted molar refractivity (Wildman–Crippen MR) is 73.5 cm³/mol. The first-order valence-electron chi connectivity index (χ1n) is 5.91. The first kappa shape index (κ1) is 14.2. The van der Waals surface area contributed by atoms with Crippen molar-refractivity contribution in [3.63, 3.8) is 0 Å². The van der Waals surface area contributed by atoms with Gasteiger partial charge in [-0.2, -0.15) is 0 Å². The first-order valence-corrected chi connectivity index (χ1v) is 5.91. The fourth-order valence-corrected chi connectivity index (χ4v) is 1.87. The van der Waals surface area contributed by atoms with Crippen LogP contribution in [0.4, 0.5) is 0 Å². The lowest BCUT2D eigenvalue weighted by molar-refractivity contribution is -0.142. The topological polar surface area (TPSA) is 40.5 Å². The average Bonchev–Trinajstić information content (AvgIpc) is 2.37. The molecule has 1 N–H and O–H groups in total. The maximum absolute atomic E-state index is 11.4. The fourth-order valence-electron chi connectivity index (χ4n) is 1.87. The van der Waals surface area contributed by atoms with Crippen LogP contribution in [0.2, 0.25) is 0 Å².